The summed E-state index contributed by atoms with van der Waals surface area (Å²) in [4.78, 5) is 12.7. The fourth-order valence-electron chi connectivity index (χ4n) is 1.35. The third-order valence-corrected chi connectivity index (χ3v) is 3.87. The van der Waals surface area contributed by atoms with Gasteiger partial charge in [-0.05, 0) is 17.9 Å². The van der Waals surface area contributed by atoms with E-state index in [-0.39, 0.29) is 5.91 Å². The number of rotatable bonds is 5. The van der Waals surface area contributed by atoms with E-state index >= 15 is 0 Å². The third kappa shape index (κ3) is 3.61. The molecule has 2 rings (SSSR count). The molecule has 2 heterocycles. The van der Waals surface area contributed by atoms with E-state index < -0.39 is 0 Å². The molecule has 2 aromatic heterocycles. The number of amides is 1. The summed E-state index contributed by atoms with van der Waals surface area (Å²) in [6.07, 6.45) is 2.36. The molecule has 1 N–H and O–H groups in total. The quantitative estimate of drug-likeness (QED) is 0.906. The standard InChI is InChI=1S/C11H13N3OS2/c1-2-4-10-13-14-11(17-10)12-9(15)7-8-5-3-6-16-8/h3,5-6H,2,4,7H2,1H3,(H,12,14,15). The van der Waals surface area contributed by atoms with Gasteiger partial charge in [-0.2, -0.15) is 0 Å². The van der Waals surface area contributed by atoms with Crippen LogP contribution in [0.3, 0.4) is 0 Å². The van der Waals surface area contributed by atoms with Crippen LogP contribution in [0.2, 0.25) is 0 Å². The molecule has 17 heavy (non-hydrogen) atoms. The van der Waals surface area contributed by atoms with E-state index in [1.54, 1.807) is 11.3 Å². The average Bonchev–Trinajstić information content (AvgIpc) is 2.91. The van der Waals surface area contributed by atoms with Gasteiger partial charge in [-0.1, -0.05) is 24.3 Å². The van der Waals surface area contributed by atoms with Crippen LogP contribution in [0.1, 0.15) is 23.2 Å². The maximum absolute atomic E-state index is 11.7. The van der Waals surface area contributed by atoms with Crippen molar-refractivity contribution < 1.29 is 4.79 Å². The Bertz CT molecular complexity index is 479. The molecule has 0 bridgehead atoms. The first-order valence-electron chi connectivity index (χ1n) is 5.42. The van der Waals surface area contributed by atoms with Gasteiger partial charge in [0.1, 0.15) is 5.01 Å². The van der Waals surface area contributed by atoms with Crippen LogP contribution in [0, 0.1) is 0 Å². The molecule has 0 aliphatic heterocycles. The number of carbonyl (C=O) groups excluding carboxylic acids is 1. The smallest absolute Gasteiger partial charge is 0.231 e. The molecule has 0 aliphatic carbocycles. The number of carbonyl (C=O) groups is 1. The zero-order valence-electron chi connectivity index (χ0n) is 9.47. The second kappa shape index (κ2) is 5.88. The van der Waals surface area contributed by atoms with Crippen molar-refractivity contribution in [3.8, 4) is 0 Å². The van der Waals surface area contributed by atoms with Crippen molar-refractivity contribution in [1.82, 2.24) is 10.2 Å². The van der Waals surface area contributed by atoms with E-state index in [2.05, 4.69) is 22.4 Å². The van der Waals surface area contributed by atoms with Crippen molar-refractivity contribution in [2.24, 2.45) is 0 Å². The number of nitrogens with zero attached hydrogens (tertiary/aromatic N) is 2. The molecule has 1 amide bonds. The van der Waals surface area contributed by atoms with Gasteiger partial charge < -0.3 is 5.32 Å². The summed E-state index contributed by atoms with van der Waals surface area (Å²) in [7, 11) is 0. The Hall–Kier alpha value is -1.27. The van der Waals surface area contributed by atoms with E-state index in [0.717, 1.165) is 22.7 Å². The topological polar surface area (TPSA) is 54.9 Å². The lowest BCUT2D eigenvalue weighted by Crippen LogP contribution is -2.13. The number of nitrogens with one attached hydrogen (secondary N) is 1. The first-order valence-corrected chi connectivity index (χ1v) is 7.12. The number of aryl methyl sites for hydroxylation is 1. The fraction of sp³-hybridized carbons (Fsp3) is 0.364. The predicted molar refractivity (Wildman–Crippen MR) is 70.6 cm³/mol. The molecule has 0 unspecified atom stereocenters. The lowest BCUT2D eigenvalue weighted by molar-refractivity contribution is -0.115. The predicted octanol–water partition coefficient (Wildman–Crippen LogP) is 2.73. The SMILES string of the molecule is CCCc1nnc(NC(=O)Cc2cccs2)s1. The molecule has 0 aliphatic rings. The van der Waals surface area contributed by atoms with Crippen LogP contribution in [0.5, 0.6) is 0 Å². The van der Waals surface area contributed by atoms with Crippen LogP contribution >= 0.6 is 22.7 Å². The molecule has 6 heteroatoms. The highest BCUT2D eigenvalue weighted by atomic mass is 32.1. The molecule has 4 nitrogen and oxygen atoms in total. The van der Waals surface area contributed by atoms with Crippen LogP contribution in [-0.2, 0) is 17.6 Å². The molecule has 90 valence electrons. The van der Waals surface area contributed by atoms with Crippen molar-refractivity contribution in [1.29, 1.82) is 0 Å². The largest absolute Gasteiger partial charge is 0.300 e. The van der Waals surface area contributed by atoms with Gasteiger partial charge in [0.2, 0.25) is 11.0 Å². The number of hydrogen-bond acceptors (Lipinski definition) is 5. The molecule has 0 saturated heterocycles. The Balaban J connectivity index is 1.89. The maximum Gasteiger partial charge on any atom is 0.231 e. The van der Waals surface area contributed by atoms with Gasteiger partial charge in [0, 0.05) is 11.3 Å². The van der Waals surface area contributed by atoms with Gasteiger partial charge in [-0.15, -0.1) is 21.5 Å². The Morgan fingerprint density at radius 3 is 3.06 bits per heavy atom. The molecule has 0 aromatic carbocycles. The van der Waals surface area contributed by atoms with Gasteiger partial charge in [0.05, 0.1) is 6.42 Å². The van der Waals surface area contributed by atoms with E-state index in [0.29, 0.717) is 11.6 Å². The van der Waals surface area contributed by atoms with Crippen molar-refractivity contribution >= 4 is 33.7 Å². The van der Waals surface area contributed by atoms with Crippen LogP contribution in [-0.4, -0.2) is 16.1 Å². The molecule has 0 fully saturated rings. The van der Waals surface area contributed by atoms with Gasteiger partial charge in [0.15, 0.2) is 0 Å². The van der Waals surface area contributed by atoms with Gasteiger partial charge in [0.25, 0.3) is 0 Å². The lowest BCUT2D eigenvalue weighted by atomic mass is 10.3. The highest BCUT2D eigenvalue weighted by Gasteiger charge is 2.08. The summed E-state index contributed by atoms with van der Waals surface area (Å²) in [5.41, 5.74) is 0. The molecule has 0 saturated carbocycles. The second-order valence-electron chi connectivity index (χ2n) is 3.56. The van der Waals surface area contributed by atoms with Gasteiger partial charge >= 0.3 is 0 Å². The van der Waals surface area contributed by atoms with Crippen molar-refractivity contribution in [3.05, 3.63) is 27.4 Å². The number of hydrogen-bond donors (Lipinski definition) is 1. The minimum Gasteiger partial charge on any atom is -0.300 e. The maximum atomic E-state index is 11.7. The monoisotopic (exact) mass is 267 g/mol. The Kier molecular flexibility index (Phi) is 4.22. The van der Waals surface area contributed by atoms with Crippen LogP contribution in [0.25, 0.3) is 0 Å². The van der Waals surface area contributed by atoms with Crippen molar-refractivity contribution in [3.63, 3.8) is 0 Å². The second-order valence-corrected chi connectivity index (χ2v) is 5.65. The Morgan fingerprint density at radius 2 is 2.35 bits per heavy atom. The summed E-state index contributed by atoms with van der Waals surface area (Å²) in [5.74, 6) is -0.0355. The van der Waals surface area contributed by atoms with Gasteiger partial charge in [-0.25, -0.2) is 0 Å². The zero-order chi connectivity index (χ0) is 12.1. The molecular formula is C11H13N3OS2. The van der Waals surface area contributed by atoms with E-state index in [1.165, 1.54) is 11.3 Å². The summed E-state index contributed by atoms with van der Waals surface area (Å²) < 4.78 is 0. The molecular weight excluding hydrogens is 254 g/mol. The minimum absolute atomic E-state index is 0.0355. The Morgan fingerprint density at radius 1 is 1.47 bits per heavy atom. The molecule has 0 radical (unpaired) electrons. The summed E-state index contributed by atoms with van der Waals surface area (Å²) in [6.45, 7) is 2.09. The third-order valence-electron chi connectivity index (χ3n) is 2.09. The molecule has 2 aromatic rings. The lowest BCUT2D eigenvalue weighted by Gasteiger charge is -1.98. The zero-order valence-corrected chi connectivity index (χ0v) is 11.1. The van der Waals surface area contributed by atoms with E-state index in [9.17, 15) is 4.79 Å². The molecule has 0 spiro atoms. The molecule has 0 atom stereocenters. The van der Waals surface area contributed by atoms with Crippen LogP contribution in [0.15, 0.2) is 17.5 Å². The summed E-state index contributed by atoms with van der Waals surface area (Å²) in [5, 5.41) is 14.3. The summed E-state index contributed by atoms with van der Waals surface area (Å²) in [6, 6.07) is 3.89. The Labute approximate surface area is 108 Å². The van der Waals surface area contributed by atoms with Crippen molar-refractivity contribution in [2.75, 3.05) is 5.32 Å². The van der Waals surface area contributed by atoms with Gasteiger partial charge in [-0.3, -0.25) is 4.79 Å². The summed E-state index contributed by atoms with van der Waals surface area (Å²) >= 11 is 3.03. The van der Waals surface area contributed by atoms with E-state index in [1.807, 2.05) is 17.5 Å². The fourth-order valence-corrected chi connectivity index (χ4v) is 2.91. The van der Waals surface area contributed by atoms with Crippen LogP contribution in [0.4, 0.5) is 5.13 Å². The number of anilines is 1. The first kappa shape index (κ1) is 12.2. The average molecular weight is 267 g/mol. The highest BCUT2D eigenvalue weighted by molar-refractivity contribution is 7.15. The van der Waals surface area contributed by atoms with Crippen molar-refractivity contribution in [2.45, 2.75) is 26.2 Å². The van der Waals surface area contributed by atoms with E-state index in [4.69, 9.17) is 0 Å². The normalized spacial score (nSPS) is 10.4. The first-order chi connectivity index (χ1) is 8.28. The number of aromatic nitrogens is 2. The van der Waals surface area contributed by atoms with Crippen LogP contribution < -0.4 is 5.32 Å². The minimum atomic E-state index is -0.0355. The highest BCUT2D eigenvalue weighted by Crippen LogP contribution is 2.17. The number of thiophene rings is 1.